The Labute approximate surface area is 115 Å². The average molecular weight is 267 g/mol. The molecule has 0 radical (unpaired) electrons. The fraction of sp³-hybridized carbons (Fsp3) is 0.786. The lowest BCUT2D eigenvalue weighted by Gasteiger charge is -2.35. The number of rotatable bonds is 4. The summed E-state index contributed by atoms with van der Waals surface area (Å²) in [6.45, 7) is 11.3. The molecule has 0 saturated carbocycles. The third-order valence-corrected chi connectivity index (χ3v) is 4.90. The number of hydrogen-bond donors (Lipinski definition) is 1. The summed E-state index contributed by atoms with van der Waals surface area (Å²) < 4.78 is 0. The Morgan fingerprint density at radius 1 is 1.33 bits per heavy atom. The van der Waals surface area contributed by atoms with Crippen LogP contribution in [-0.2, 0) is 0 Å². The van der Waals surface area contributed by atoms with Crippen LogP contribution < -0.4 is 5.32 Å². The van der Waals surface area contributed by atoms with Gasteiger partial charge in [0, 0.05) is 23.2 Å². The summed E-state index contributed by atoms with van der Waals surface area (Å²) >= 11 is 1.77. The van der Waals surface area contributed by atoms with Gasteiger partial charge in [-0.3, -0.25) is 0 Å². The first kappa shape index (κ1) is 14.0. The van der Waals surface area contributed by atoms with Crippen molar-refractivity contribution in [2.45, 2.75) is 58.7 Å². The number of thiazole rings is 1. The van der Waals surface area contributed by atoms with E-state index in [-0.39, 0.29) is 0 Å². The molecule has 102 valence electrons. The van der Waals surface area contributed by atoms with E-state index >= 15 is 0 Å². The van der Waals surface area contributed by atoms with Crippen LogP contribution in [0.4, 0.5) is 0 Å². The zero-order chi connectivity index (χ0) is 13.1. The van der Waals surface area contributed by atoms with Crippen LogP contribution in [0, 0.1) is 6.92 Å². The number of hydrogen-bond acceptors (Lipinski definition) is 4. The molecule has 18 heavy (non-hydrogen) atoms. The van der Waals surface area contributed by atoms with Gasteiger partial charge in [0.05, 0.1) is 6.04 Å². The molecule has 1 fully saturated rings. The zero-order valence-corrected chi connectivity index (χ0v) is 12.8. The molecule has 0 bridgehead atoms. The number of piperidine rings is 1. The van der Waals surface area contributed by atoms with Gasteiger partial charge in [0.1, 0.15) is 5.01 Å². The molecule has 1 N–H and O–H groups in total. The van der Waals surface area contributed by atoms with Gasteiger partial charge in [-0.1, -0.05) is 0 Å². The zero-order valence-electron chi connectivity index (χ0n) is 11.9. The third kappa shape index (κ3) is 3.53. The van der Waals surface area contributed by atoms with Crippen molar-refractivity contribution in [2.75, 3.05) is 13.1 Å². The summed E-state index contributed by atoms with van der Waals surface area (Å²) in [7, 11) is 0. The molecule has 2 rings (SSSR count). The summed E-state index contributed by atoms with van der Waals surface area (Å²) in [4.78, 5) is 7.13. The summed E-state index contributed by atoms with van der Waals surface area (Å²) in [6, 6.07) is 1.73. The Hall–Kier alpha value is -0.450. The van der Waals surface area contributed by atoms with E-state index in [1.54, 1.807) is 11.3 Å². The molecule has 0 spiro atoms. The van der Waals surface area contributed by atoms with Crippen molar-refractivity contribution >= 4 is 11.3 Å². The van der Waals surface area contributed by atoms with Crippen molar-refractivity contribution in [3.63, 3.8) is 0 Å². The van der Waals surface area contributed by atoms with Gasteiger partial charge in [-0.25, -0.2) is 4.98 Å². The molecule has 1 aliphatic rings. The molecule has 3 nitrogen and oxygen atoms in total. The van der Waals surface area contributed by atoms with Crippen molar-refractivity contribution in [2.24, 2.45) is 0 Å². The minimum absolute atomic E-state index is 0.388. The minimum atomic E-state index is 0.388. The lowest BCUT2D eigenvalue weighted by molar-refractivity contribution is 0.157. The van der Waals surface area contributed by atoms with Gasteiger partial charge >= 0.3 is 0 Å². The summed E-state index contributed by atoms with van der Waals surface area (Å²) in [5, 5.41) is 7.08. The second-order valence-corrected chi connectivity index (χ2v) is 6.51. The van der Waals surface area contributed by atoms with E-state index in [2.05, 4.69) is 48.3 Å². The van der Waals surface area contributed by atoms with Gasteiger partial charge in [0.15, 0.2) is 0 Å². The van der Waals surface area contributed by atoms with E-state index in [1.807, 2.05) is 0 Å². The molecule has 1 saturated heterocycles. The van der Waals surface area contributed by atoms with Gasteiger partial charge in [-0.05, 0) is 53.6 Å². The van der Waals surface area contributed by atoms with Crippen molar-refractivity contribution < 1.29 is 0 Å². The monoisotopic (exact) mass is 267 g/mol. The normalized spacial score (nSPS) is 20.5. The Morgan fingerprint density at radius 3 is 2.50 bits per heavy atom. The van der Waals surface area contributed by atoms with Crippen LogP contribution in [0.5, 0.6) is 0 Å². The fourth-order valence-electron chi connectivity index (χ4n) is 2.58. The highest BCUT2D eigenvalue weighted by atomic mass is 32.1. The first-order valence-corrected chi connectivity index (χ1v) is 7.86. The predicted molar refractivity (Wildman–Crippen MR) is 78.1 cm³/mol. The number of aromatic nitrogens is 1. The van der Waals surface area contributed by atoms with E-state index < -0.39 is 0 Å². The largest absolute Gasteiger partial charge is 0.305 e. The number of nitrogens with one attached hydrogen (secondary N) is 1. The Bertz CT molecular complexity index is 367. The van der Waals surface area contributed by atoms with Crippen molar-refractivity contribution in [1.29, 1.82) is 0 Å². The number of aryl methyl sites for hydroxylation is 1. The Kier molecular flexibility index (Phi) is 4.76. The van der Waals surface area contributed by atoms with Crippen molar-refractivity contribution in [3.05, 3.63) is 16.1 Å². The molecule has 2 heterocycles. The highest BCUT2D eigenvalue weighted by molar-refractivity contribution is 7.09. The van der Waals surface area contributed by atoms with Gasteiger partial charge in [-0.2, -0.15) is 0 Å². The fourth-order valence-corrected chi connectivity index (χ4v) is 3.39. The average Bonchev–Trinajstić information content (AvgIpc) is 2.76. The molecule has 1 unspecified atom stereocenters. The van der Waals surface area contributed by atoms with Gasteiger partial charge in [0.25, 0.3) is 0 Å². The standard InChI is InChI=1S/C14H25N3S/c1-10(2)17-7-5-13(6-8-17)16-12(4)14-15-11(3)9-18-14/h9-10,12-13,16H,5-8H2,1-4H3. The maximum Gasteiger partial charge on any atom is 0.110 e. The SMILES string of the molecule is Cc1csc(C(C)NC2CCN(C(C)C)CC2)n1. The summed E-state index contributed by atoms with van der Waals surface area (Å²) in [5.41, 5.74) is 1.14. The van der Waals surface area contributed by atoms with Crippen LogP contribution in [-0.4, -0.2) is 35.1 Å². The molecule has 1 aromatic rings. The third-order valence-electron chi connectivity index (χ3n) is 3.75. The van der Waals surface area contributed by atoms with E-state index in [1.165, 1.54) is 30.9 Å². The highest BCUT2D eigenvalue weighted by Gasteiger charge is 2.22. The van der Waals surface area contributed by atoms with Crippen LogP contribution in [0.3, 0.4) is 0 Å². The first-order valence-electron chi connectivity index (χ1n) is 6.98. The topological polar surface area (TPSA) is 28.2 Å². The van der Waals surface area contributed by atoms with E-state index in [0.29, 0.717) is 18.1 Å². The van der Waals surface area contributed by atoms with E-state index in [0.717, 1.165) is 5.69 Å². The van der Waals surface area contributed by atoms with Gasteiger partial charge in [0.2, 0.25) is 0 Å². The van der Waals surface area contributed by atoms with Crippen LogP contribution in [0.15, 0.2) is 5.38 Å². The van der Waals surface area contributed by atoms with Crippen molar-refractivity contribution in [1.82, 2.24) is 15.2 Å². The number of likely N-dealkylation sites (tertiary alicyclic amines) is 1. The molecule has 0 aromatic carbocycles. The quantitative estimate of drug-likeness (QED) is 0.909. The van der Waals surface area contributed by atoms with E-state index in [9.17, 15) is 0 Å². The molecule has 0 aliphatic carbocycles. The molecule has 1 aromatic heterocycles. The molecule has 0 amide bonds. The van der Waals surface area contributed by atoms with E-state index in [4.69, 9.17) is 0 Å². The maximum absolute atomic E-state index is 4.56. The van der Waals surface area contributed by atoms with Crippen molar-refractivity contribution in [3.8, 4) is 0 Å². The van der Waals surface area contributed by atoms with Gasteiger partial charge in [-0.15, -0.1) is 11.3 Å². The Balaban J connectivity index is 1.81. The molecular weight excluding hydrogens is 242 g/mol. The predicted octanol–water partition coefficient (Wildman–Crippen LogP) is 2.97. The molecular formula is C14H25N3S. The second-order valence-electron chi connectivity index (χ2n) is 5.62. The Morgan fingerprint density at radius 2 is 2.00 bits per heavy atom. The number of nitrogens with zero attached hydrogens (tertiary/aromatic N) is 2. The van der Waals surface area contributed by atoms with Crippen LogP contribution in [0.1, 0.15) is 50.4 Å². The second kappa shape index (κ2) is 6.13. The highest BCUT2D eigenvalue weighted by Crippen LogP contribution is 2.21. The maximum atomic E-state index is 4.56. The minimum Gasteiger partial charge on any atom is -0.305 e. The molecule has 4 heteroatoms. The van der Waals surface area contributed by atoms with Crippen LogP contribution in [0.2, 0.25) is 0 Å². The smallest absolute Gasteiger partial charge is 0.110 e. The summed E-state index contributed by atoms with van der Waals surface area (Å²) in [5.74, 6) is 0. The lowest BCUT2D eigenvalue weighted by Crippen LogP contribution is -2.45. The van der Waals surface area contributed by atoms with Crippen LogP contribution in [0.25, 0.3) is 0 Å². The van der Waals surface area contributed by atoms with Crippen LogP contribution >= 0.6 is 11.3 Å². The molecule has 1 aliphatic heterocycles. The molecule has 1 atom stereocenters. The lowest BCUT2D eigenvalue weighted by atomic mass is 10.0. The van der Waals surface area contributed by atoms with Gasteiger partial charge < -0.3 is 10.2 Å². The summed E-state index contributed by atoms with van der Waals surface area (Å²) in [6.07, 6.45) is 2.51. The first-order chi connectivity index (χ1) is 8.56.